The molecule has 150 valence electrons. The van der Waals surface area contributed by atoms with Gasteiger partial charge in [0.05, 0.1) is 28.3 Å². The molecule has 0 aliphatic rings. The first-order valence-corrected chi connectivity index (χ1v) is 10.7. The highest BCUT2D eigenvalue weighted by Gasteiger charge is 2.04. The molecular weight excluding hydrogens is 382 g/mol. The summed E-state index contributed by atoms with van der Waals surface area (Å²) in [4.78, 5) is 21.3. The number of aryl methyl sites for hydroxylation is 1. The van der Waals surface area contributed by atoms with E-state index in [2.05, 4.69) is 42.0 Å². The van der Waals surface area contributed by atoms with E-state index in [1.54, 1.807) is 11.3 Å². The Balaban J connectivity index is 1.13. The highest BCUT2D eigenvalue weighted by atomic mass is 32.1. The third-order valence-electron chi connectivity index (χ3n) is 4.52. The minimum Gasteiger partial charge on any atom is -0.342 e. The van der Waals surface area contributed by atoms with Crippen LogP contribution in [0.3, 0.4) is 0 Å². The van der Waals surface area contributed by atoms with E-state index < -0.39 is 0 Å². The number of hydrogen-bond donors (Lipinski definition) is 3. The van der Waals surface area contributed by atoms with Gasteiger partial charge in [0.1, 0.15) is 11.6 Å². The molecule has 0 bridgehead atoms. The van der Waals surface area contributed by atoms with Gasteiger partial charge in [-0.25, -0.2) is 19.9 Å². The number of rotatable bonds is 10. The fraction of sp³-hybridized carbons (Fsp3) is 0.333. The molecule has 3 aromatic heterocycles. The standard InChI is InChI=1S/C21H25N7S/c1-15-10-24-20(25-11-15)13-23-12-16-14-29-21(26-16)7-9-22-8-6-19-27-17-4-2-3-5-18(17)28-19/h2-5,10-11,14,22-23H,6-9,12-13H2,1H3,(H,27,28). The average molecular weight is 408 g/mol. The summed E-state index contributed by atoms with van der Waals surface area (Å²) in [5, 5.41) is 10.1. The summed E-state index contributed by atoms with van der Waals surface area (Å²) in [6.07, 6.45) is 5.51. The molecule has 0 unspecified atom stereocenters. The van der Waals surface area contributed by atoms with Gasteiger partial charge in [-0.2, -0.15) is 0 Å². The van der Waals surface area contributed by atoms with Crippen molar-refractivity contribution in [2.75, 3.05) is 13.1 Å². The van der Waals surface area contributed by atoms with Crippen molar-refractivity contribution in [3.63, 3.8) is 0 Å². The Morgan fingerprint density at radius 1 is 0.966 bits per heavy atom. The maximum absolute atomic E-state index is 4.70. The van der Waals surface area contributed by atoms with E-state index in [1.165, 1.54) is 0 Å². The lowest BCUT2D eigenvalue weighted by atomic mass is 10.3. The second-order valence-corrected chi connectivity index (χ2v) is 7.91. The molecule has 0 spiro atoms. The number of thiazole rings is 1. The molecule has 3 heterocycles. The zero-order valence-electron chi connectivity index (χ0n) is 16.5. The van der Waals surface area contributed by atoms with Gasteiger partial charge < -0.3 is 15.6 Å². The van der Waals surface area contributed by atoms with Crippen LogP contribution >= 0.6 is 11.3 Å². The predicted molar refractivity (Wildman–Crippen MR) is 116 cm³/mol. The monoisotopic (exact) mass is 407 g/mol. The number of imidazole rings is 1. The minimum atomic E-state index is 0.649. The van der Waals surface area contributed by atoms with Crippen molar-refractivity contribution in [2.24, 2.45) is 0 Å². The van der Waals surface area contributed by atoms with E-state index in [1.807, 2.05) is 37.5 Å². The van der Waals surface area contributed by atoms with E-state index in [9.17, 15) is 0 Å². The highest BCUT2D eigenvalue weighted by Crippen LogP contribution is 2.11. The molecule has 0 radical (unpaired) electrons. The zero-order valence-corrected chi connectivity index (χ0v) is 17.3. The molecule has 0 saturated heterocycles. The van der Waals surface area contributed by atoms with Gasteiger partial charge >= 0.3 is 0 Å². The fourth-order valence-electron chi connectivity index (χ4n) is 3.01. The Hall–Kier alpha value is -2.68. The van der Waals surface area contributed by atoms with E-state index in [0.29, 0.717) is 6.54 Å². The first kappa shape index (κ1) is 19.6. The van der Waals surface area contributed by atoms with Crippen molar-refractivity contribution in [3.05, 3.63) is 70.0 Å². The first-order chi connectivity index (χ1) is 14.3. The zero-order chi connectivity index (χ0) is 19.9. The Kier molecular flexibility index (Phi) is 6.56. The van der Waals surface area contributed by atoms with Gasteiger partial charge in [-0.05, 0) is 24.6 Å². The Labute approximate surface area is 174 Å². The maximum Gasteiger partial charge on any atom is 0.141 e. The molecular formula is C21H25N7S. The molecule has 0 aliphatic heterocycles. The number of nitrogens with zero attached hydrogens (tertiary/aromatic N) is 4. The quantitative estimate of drug-likeness (QED) is 0.350. The van der Waals surface area contributed by atoms with Crippen LogP contribution in [-0.2, 0) is 25.9 Å². The Morgan fingerprint density at radius 3 is 2.66 bits per heavy atom. The van der Waals surface area contributed by atoms with Crippen molar-refractivity contribution in [1.82, 2.24) is 35.6 Å². The van der Waals surface area contributed by atoms with Gasteiger partial charge in [0.2, 0.25) is 0 Å². The number of para-hydroxylation sites is 2. The Bertz CT molecular complexity index is 1010. The molecule has 0 fully saturated rings. The first-order valence-electron chi connectivity index (χ1n) is 9.82. The molecule has 4 rings (SSSR count). The topological polar surface area (TPSA) is 91.4 Å². The van der Waals surface area contributed by atoms with Crippen LogP contribution < -0.4 is 10.6 Å². The summed E-state index contributed by atoms with van der Waals surface area (Å²) in [7, 11) is 0. The van der Waals surface area contributed by atoms with Crippen LogP contribution in [0.2, 0.25) is 0 Å². The number of hydrogen-bond acceptors (Lipinski definition) is 7. The predicted octanol–water partition coefficient (Wildman–Crippen LogP) is 2.78. The smallest absolute Gasteiger partial charge is 0.141 e. The van der Waals surface area contributed by atoms with Crippen LogP contribution in [0.1, 0.15) is 27.9 Å². The van der Waals surface area contributed by atoms with Crippen LogP contribution in [0.4, 0.5) is 0 Å². The van der Waals surface area contributed by atoms with Crippen LogP contribution in [0.5, 0.6) is 0 Å². The number of fused-ring (bicyclic) bond motifs is 1. The van der Waals surface area contributed by atoms with E-state index in [0.717, 1.165) is 71.4 Å². The second-order valence-electron chi connectivity index (χ2n) is 6.96. The van der Waals surface area contributed by atoms with Gasteiger partial charge in [0.15, 0.2) is 0 Å². The van der Waals surface area contributed by atoms with Crippen molar-refractivity contribution >= 4 is 22.4 Å². The number of aromatic nitrogens is 5. The lowest BCUT2D eigenvalue weighted by Crippen LogP contribution is -2.20. The third-order valence-corrected chi connectivity index (χ3v) is 5.47. The maximum atomic E-state index is 4.70. The molecule has 0 amide bonds. The van der Waals surface area contributed by atoms with E-state index in [4.69, 9.17) is 4.98 Å². The summed E-state index contributed by atoms with van der Waals surface area (Å²) in [6, 6.07) is 8.13. The molecule has 29 heavy (non-hydrogen) atoms. The minimum absolute atomic E-state index is 0.649. The summed E-state index contributed by atoms with van der Waals surface area (Å²) in [6.45, 7) is 5.18. The molecule has 3 N–H and O–H groups in total. The number of H-pyrrole nitrogens is 1. The molecule has 1 aromatic carbocycles. The summed E-state index contributed by atoms with van der Waals surface area (Å²) < 4.78 is 0. The van der Waals surface area contributed by atoms with Crippen molar-refractivity contribution in [3.8, 4) is 0 Å². The average Bonchev–Trinajstić information content (AvgIpc) is 3.35. The van der Waals surface area contributed by atoms with Crippen LogP contribution in [0.25, 0.3) is 11.0 Å². The van der Waals surface area contributed by atoms with E-state index >= 15 is 0 Å². The van der Waals surface area contributed by atoms with Gasteiger partial charge in [-0.1, -0.05) is 12.1 Å². The van der Waals surface area contributed by atoms with Crippen molar-refractivity contribution < 1.29 is 0 Å². The number of nitrogens with one attached hydrogen (secondary N) is 3. The van der Waals surface area contributed by atoms with Crippen LogP contribution in [0, 0.1) is 6.92 Å². The van der Waals surface area contributed by atoms with Crippen molar-refractivity contribution in [2.45, 2.75) is 32.9 Å². The number of benzene rings is 1. The fourth-order valence-corrected chi connectivity index (χ4v) is 3.81. The summed E-state index contributed by atoms with van der Waals surface area (Å²) >= 11 is 1.71. The molecule has 7 nitrogen and oxygen atoms in total. The lowest BCUT2D eigenvalue weighted by Gasteiger charge is -2.02. The van der Waals surface area contributed by atoms with Gasteiger partial charge in [-0.15, -0.1) is 11.3 Å². The normalized spacial score (nSPS) is 11.3. The molecule has 0 aliphatic carbocycles. The SMILES string of the molecule is Cc1cnc(CNCc2csc(CCNCCc3nc4ccccc4[nH]3)n2)nc1. The molecule has 0 atom stereocenters. The van der Waals surface area contributed by atoms with Gasteiger partial charge in [-0.3, -0.25) is 0 Å². The summed E-state index contributed by atoms with van der Waals surface area (Å²) in [5.74, 6) is 1.83. The third kappa shape index (κ3) is 5.66. The summed E-state index contributed by atoms with van der Waals surface area (Å²) in [5.41, 5.74) is 4.27. The molecule has 0 saturated carbocycles. The van der Waals surface area contributed by atoms with Crippen LogP contribution in [0.15, 0.2) is 42.0 Å². The lowest BCUT2D eigenvalue weighted by molar-refractivity contribution is 0.647. The molecule has 8 heteroatoms. The second kappa shape index (κ2) is 9.69. The highest BCUT2D eigenvalue weighted by molar-refractivity contribution is 7.09. The number of aromatic amines is 1. The van der Waals surface area contributed by atoms with Crippen molar-refractivity contribution in [1.29, 1.82) is 0 Å². The van der Waals surface area contributed by atoms with Crippen LogP contribution in [-0.4, -0.2) is 38.0 Å². The van der Waals surface area contributed by atoms with Gasteiger partial charge in [0, 0.05) is 50.2 Å². The largest absolute Gasteiger partial charge is 0.342 e. The van der Waals surface area contributed by atoms with E-state index in [-0.39, 0.29) is 0 Å². The Morgan fingerprint density at radius 2 is 1.79 bits per heavy atom. The van der Waals surface area contributed by atoms with Gasteiger partial charge in [0.25, 0.3) is 0 Å². The molecule has 4 aromatic rings.